The third kappa shape index (κ3) is 7.09. The number of amides is 1. The molecule has 4 aromatic rings. The number of carbonyl (C=O) groups excluding carboxylic acids is 1. The van der Waals surface area contributed by atoms with Gasteiger partial charge < -0.3 is 29.7 Å². The molecule has 9 heteroatoms. The van der Waals surface area contributed by atoms with Gasteiger partial charge in [-0.15, -0.1) is 0 Å². The Kier molecular flexibility index (Phi) is 9.39. The van der Waals surface area contributed by atoms with E-state index < -0.39 is 0 Å². The van der Waals surface area contributed by atoms with Gasteiger partial charge >= 0.3 is 0 Å². The van der Waals surface area contributed by atoms with Crippen molar-refractivity contribution in [1.82, 2.24) is 29.7 Å². The number of aryl methyl sites for hydroxylation is 2. The van der Waals surface area contributed by atoms with E-state index in [0.717, 1.165) is 68.2 Å². The van der Waals surface area contributed by atoms with Crippen LogP contribution in [0.5, 0.6) is 11.5 Å². The summed E-state index contributed by atoms with van der Waals surface area (Å²) in [5.41, 5.74) is 5.90. The van der Waals surface area contributed by atoms with E-state index in [-0.39, 0.29) is 8.76 Å². The molecule has 2 aromatic carbocycles. The zero-order chi connectivity index (χ0) is 29.6. The van der Waals surface area contributed by atoms with Gasteiger partial charge in [-0.25, -0.2) is 4.98 Å². The Hall–Kier alpha value is -3.95. The van der Waals surface area contributed by atoms with E-state index in [1.807, 2.05) is 29.8 Å². The zero-order valence-electron chi connectivity index (χ0n) is 25.5. The summed E-state index contributed by atoms with van der Waals surface area (Å²) in [4.78, 5) is 26.6. The number of imidazole rings is 1. The van der Waals surface area contributed by atoms with Crippen LogP contribution in [0.2, 0.25) is 0 Å². The van der Waals surface area contributed by atoms with Crippen molar-refractivity contribution in [1.29, 1.82) is 0 Å². The molecule has 1 amide bonds. The molecule has 0 radical (unpaired) electrons. The first kappa shape index (κ1) is 29.5. The molecule has 1 aliphatic heterocycles. The summed E-state index contributed by atoms with van der Waals surface area (Å²) in [5, 5.41) is 6.49. The van der Waals surface area contributed by atoms with Crippen molar-refractivity contribution in [2.75, 3.05) is 51.6 Å². The van der Waals surface area contributed by atoms with Gasteiger partial charge in [0.2, 0.25) is 5.95 Å². The SMILES string of the molecule is CCc1ccc(Nc2nc3cc(Oc4ccnc(C(=O)NCCCN5CCN(C)CC5)c4)ccc3n2C)cc1C(C)C.[HH].[HH]. The number of nitrogens with one attached hydrogen (secondary N) is 2. The highest BCUT2D eigenvalue weighted by atomic mass is 16.5. The fourth-order valence-corrected chi connectivity index (χ4v) is 5.42. The summed E-state index contributed by atoms with van der Waals surface area (Å²) in [6.07, 6.45) is 3.53. The van der Waals surface area contributed by atoms with Crippen LogP contribution >= 0.6 is 0 Å². The lowest BCUT2D eigenvalue weighted by Gasteiger charge is -2.32. The number of aromatic nitrogens is 3. The standard InChI is InChI=1S/C33H43N7O2.2H2/c1-6-24-8-9-25(20-28(24)23(2)3)36-33-37-29-21-26(10-11-31(29)39(33)5)42-27-12-14-34-30(22-27)32(41)35-13-7-15-40-18-16-38(4)17-19-40;;/h8-12,14,20-23H,6-7,13,15-19H2,1-5H3,(H,35,41)(H,36,37);2*1H. The lowest BCUT2D eigenvalue weighted by Crippen LogP contribution is -2.45. The summed E-state index contributed by atoms with van der Waals surface area (Å²) in [5.74, 6) is 2.22. The van der Waals surface area contributed by atoms with E-state index in [2.05, 4.69) is 71.4 Å². The predicted octanol–water partition coefficient (Wildman–Crippen LogP) is 6.05. The third-order valence-electron chi connectivity index (χ3n) is 7.99. The van der Waals surface area contributed by atoms with Crippen molar-refractivity contribution >= 4 is 28.6 Å². The molecule has 0 saturated carbocycles. The van der Waals surface area contributed by atoms with Gasteiger partial charge in [0.05, 0.1) is 11.0 Å². The predicted molar refractivity (Wildman–Crippen MR) is 173 cm³/mol. The van der Waals surface area contributed by atoms with Crippen LogP contribution in [-0.2, 0) is 13.5 Å². The van der Waals surface area contributed by atoms with Crippen LogP contribution < -0.4 is 15.4 Å². The van der Waals surface area contributed by atoms with E-state index in [1.165, 1.54) is 11.1 Å². The molecular weight excluding hydrogens is 526 g/mol. The second-order valence-corrected chi connectivity index (χ2v) is 11.4. The number of piperazine rings is 1. The molecule has 0 unspecified atom stereocenters. The highest BCUT2D eigenvalue weighted by Gasteiger charge is 2.15. The second kappa shape index (κ2) is 13.4. The Morgan fingerprint density at radius 3 is 2.57 bits per heavy atom. The largest absolute Gasteiger partial charge is 0.457 e. The third-order valence-corrected chi connectivity index (χ3v) is 7.99. The van der Waals surface area contributed by atoms with Crippen LogP contribution in [0.3, 0.4) is 0 Å². The van der Waals surface area contributed by atoms with E-state index in [9.17, 15) is 4.79 Å². The molecule has 0 aliphatic carbocycles. The molecule has 42 heavy (non-hydrogen) atoms. The Bertz CT molecular complexity index is 1530. The number of benzene rings is 2. The smallest absolute Gasteiger partial charge is 0.270 e. The van der Waals surface area contributed by atoms with Gasteiger partial charge in [-0.1, -0.05) is 26.8 Å². The molecular formula is C33H47N7O2. The van der Waals surface area contributed by atoms with Crippen molar-refractivity contribution in [3.8, 4) is 11.5 Å². The molecule has 1 aliphatic rings. The van der Waals surface area contributed by atoms with Gasteiger partial charge in [-0.2, -0.15) is 0 Å². The molecule has 2 aromatic heterocycles. The van der Waals surface area contributed by atoms with Crippen molar-refractivity contribution in [2.45, 2.75) is 39.5 Å². The summed E-state index contributed by atoms with van der Waals surface area (Å²) in [6.45, 7) is 12.6. The minimum absolute atomic E-state index is 0. The summed E-state index contributed by atoms with van der Waals surface area (Å²) in [6, 6.07) is 15.8. The number of anilines is 2. The minimum Gasteiger partial charge on any atom is -0.457 e. The van der Waals surface area contributed by atoms with Crippen molar-refractivity contribution in [2.24, 2.45) is 7.05 Å². The first-order valence-electron chi connectivity index (χ1n) is 15.0. The van der Waals surface area contributed by atoms with Gasteiger partial charge in [0, 0.05) is 66.6 Å². The number of carbonyl (C=O) groups is 1. The van der Waals surface area contributed by atoms with Crippen LogP contribution in [-0.4, -0.2) is 76.6 Å². The highest BCUT2D eigenvalue weighted by molar-refractivity contribution is 5.92. The van der Waals surface area contributed by atoms with Crippen molar-refractivity contribution in [3.05, 3.63) is 71.5 Å². The molecule has 9 nitrogen and oxygen atoms in total. The number of hydrogen-bond acceptors (Lipinski definition) is 7. The van der Waals surface area contributed by atoms with Crippen LogP contribution in [0, 0.1) is 0 Å². The van der Waals surface area contributed by atoms with Crippen molar-refractivity contribution in [3.63, 3.8) is 0 Å². The maximum Gasteiger partial charge on any atom is 0.270 e. The highest BCUT2D eigenvalue weighted by Crippen LogP contribution is 2.30. The number of rotatable bonds is 11. The fourth-order valence-electron chi connectivity index (χ4n) is 5.42. The van der Waals surface area contributed by atoms with E-state index in [4.69, 9.17) is 9.72 Å². The Labute approximate surface area is 251 Å². The molecule has 0 spiro atoms. The zero-order valence-corrected chi connectivity index (χ0v) is 25.5. The quantitative estimate of drug-likeness (QED) is 0.211. The topological polar surface area (TPSA) is 87.6 Å². The molecule has 5 rings (SSSR count). The monoisotopic (exact) mass is 573 g/mol. The molecule has 1 saturated heterocycles. The summed E-state index contributed by atoms with van der Waals surface area (Å²) < 4.78 is 8.17. The van der Waals surface area contributed by atoms with Crippen LogP contribution in [0.25, 0.3) is 11.0 Å². The van der Waals surface area contributed by atoms with E-state index >= 15 is 0 Å². The maximum atomic E-state index is 12.7. The fraction of sp³-hybridized carbons (Fsp3) is 0.424. The first-order chi connectivity index (χ1) is 20.3. The molecule has 3 heterocycles. The number of fused-ring (bicyclic) bond motifs is 1. The number of likely N-dealkylation sites (N-methyl/N-ethyl adjacent to an activating group) is 1. The summed E-state index contributed by atoms with van der Waals surface area (Å²) >= 11 is 0. The Balaban J connectivity index is 0.00000264. The molecule has 226 valence electrons. The molecule has 0 bridgehead atoms. The average Bonchev–Trinajstić information content (AvgIpc) is 3.30. The van der Waals surface area contributed by atoms with E-state index in [1.54, 1.807) is 18.3 Å². The minimum atomic E-state index is -0.192. The Morgan fingerprint density at radius 2 is 1.81 bits per heavy atom. The molecule has 2 N–H and O–H groups in total. The van der Waals surface area contributed by atoms with Crippen LogP contribution in [0.4, 0.5) is 11.6 Å². The van der Waals surface area contributed by atoms with Gasteiger partial charge in [-0.3, -0.25) is 9.78 Å². The number of ether oxygens (including phenoxy) is 1. The lowest BCUT2D eigenvalue weighted by molar-refractivity contribution is 0.0944. The molecule has 1 fully saturated rings. The lowest BCUT2D eigenvalue weighted by atomic mass is 9.95. The Morgan fingerprint density at radius 1 is 1.02 bits per heavy atom. The van der Waals surface area contributed by atoms with Gasteiger partial charge in [0.15, 0.2) is 0 Å². The first-order valence-corrected chi connectivity index (χ1v) is 15.0. The molecule has 0 atom stereocenters. The van der Waals surface area contributed by atoms with Gasteiger partial charge in [-0.05, 0) is 73.8 Å². The normalized spacial score (nSPS) is 14.4. The van der Waals surface area contributed by atoms with E-state index in [0.29, 0.717) is 29.7 Å². The second-order valence-electron chi connectivity index (χ2n) is 11.4. The average molecular weight is 574 g/mol. The van der Waals surface area contributed by atoms with Crippen LogP contribution in [0.15, 0.2) is 54.7 Å². The summed E-state index contributed by atoms with van der Waals surface area (Å²) in [7, 11) is 4.16. The number of nitrogens with zero attached hydrogens (tertiary/aromatic N) is 5. The maximum absolute atomic E-state index is 12.7. The van der Waals surface area contributed by atoms with Crippen LogP contribution in [0.1, 0.15) is 57.6 Å². The number of pyridine rings is 1. The van der Waals surface area contributed by atoms with Crippen molar-refractivity contribution < 1.29 is 12.4 Å². The van der Waals surface area contributed by atoms with Gasteiger partial charge in [0.25, 0.3) is 5.91 Å². The van der Waals surface area contributed by atoms with Gasteiger partial charge in [0.1, 0.15) is 17.2 Å². The number of hydrogen-bond donors (Lipinski definition) is 2.